The predicted molar refractivity (Wildman–Crippen MR) is 80.0 cm³/mol. The van der Waals surface area contributed by atoms with Crippen LogP contribution in [0.1, 0.15) is 42.2 Å². The van der Waals surface area contributed by atoms with Crippen LogP contribution in [0.4, 0.5) is 0 Å². The van der Waals surface area contributed by atoms with Crippen molar-refractivity contribution in [2.75, 3.05) is 0 Å². The van der Waals surface area contributed by atoms with Crippen molar-refractivity contribution in [3.8, 4) is 0 Å². The van der Waals surface area contributed by atoms with Crippen LogP contribution in [0.3, 0.4) is 0 Å². The van der Waals surface area contributed by atoms with Crippen molar-refractivity contribution < 1.29 is 0 Å². The van der Waals surface area contributed by atoms with Crippen LogP contribution in [0, 0.1) is 0 Å². The maximum Gasteiger partial charge on any atom is 0.0181 e. The Labute approximate surface area is 116 Å². The fourth-order valence-electron chi connectivity index (χ4n) is 2.09. The Bertz CT molecular complexity index is 487. The number of aryl methyl sites for hydroxylation is 1. The highest BCUT2D eigenvalue weighted by molar-refractivity contribution is 9.10. The third kappa shape index (κ3) is 2.99. The average Bonchev–Trinajstić information content (AvgIpc) is 2.79. The van der Waals surface area contributed by atoms with Crippen LogP contribution in [0.25, 0.3) is 0 Å². The number of hydrogen-bond acceptors (Lipinski definition) is 1. The summed E-state index contributed by atoms with van der Waals surface area (Å²) in [6.07, 6.45) is 2.28. The van der Waals surface area contributed by atoms with Crippen LogP contribution < -0.4 is 0 Å². The molecule has 0 amide bonds. The summed E-state index contributed by atoms with van der Waals surface area (Å²) in [6, 6.07) is 11.0. The Morgan fingerprint density at radius 3 is 2.65 bits per heavy atom. The predicted octanol–water partition coefficient (Wildman–Crippen LogP) is 5.61. The summed E-state index contributed by atoms with van der Waals surface area (Å²) < 4.78 is 1.17. The van der Waals surface area contributed by atoms with Gasteiger partial charge in [-0.2, -0.15) is 0 Å². The number of hydrogen-bond donors (Lipinski definition) is 0. The van der Waals surface area contributed by atoms with Crippen molar-refractivity contribution in [3.05, 3.63) is 56.2 Å². The van der Waals surface area contributed by atoms with Gasteiger partial charge in [0.2, 0.25) is 0 Å². The van der Waals surface area contributed by atoms with Crippen molar-refractivity contribution in [1.82, 2.24) is 0 Å². The highest BCUT2D eigenvalue weighted by Crippen LogP contribution is 2.33. The molecule has 2 aromatic rings. The van der Waals surface area contributed by atoms with E-state index < -0.39 is 0 Å². The molecule has 1 aromatic carbocycles. The van der Waals surface area contributed by atoms with Gasteiger partial charge in [0.15, 0.2) is 0 Å². The number of benzene rings is 1. The van der Waals surface area contributed by atoms with Gasteiger partial charge in [-0.05, 0) is 47.5 Å². The molecule has 1 heterocycles. The third-order valence-corrected chi connectivity index (χ3v) is 4.67. The van der Waals surface area contributed by atoms with Gasteiger partial charge in [0.05, 0.1) is 0 Å². The Kier molecular flexibility index (Phi) is 4.41. The van der Waals surface area contributed by atoms with E-state index in [0.717, 1.165) is 12.8 Å². The number of halogens is 1. The van der Waals surface area contributed by atoms with Gasteiger partial charge in [0, 0.05) is 15.3 Å². The van der Waals surface area contributed by atoms with E-state index in [4.69, 9.17) is 0 Å². The average molecular weight is 309 g/mol. The first-order valence-electron chi connectivity index (χ1n) is 6.07. The summed E-state index contributed by atoms with van der Waals surface area (Å²) in [7, 11) is 0. The number of thiophene rings is 1. The largest absolute Gasteiger partial charge is 0.148 e. The molecule has 0 bridgehead atoms. The summed E-state index contributed by atoms with van der Waals surface area (Å²) in [5.74, 6) is 0.540. The normalized spacial score (nSPS) is 12.6. The van der Waals surface area contributed by atoms with E-state index in [-0.39, 0.29) is 0 Å². The topological polar surface area (TPSA) is 0 Å². The molecule has 17 heavy (non-hydrogen) atoms. The second-order valence-electron chi connectivity index (χ2n) is 4.23. The van der Waals surface area contributed by atoms with E-state index in [2.05, 4.69) is 65.5 Å². The summed E-state index contributed by atoms with van der Waals surface area (Å²) in [6.45, 7) is 4.48. The van der Waals surface area contributed by atoms with Gasteiger partial charge in [-0.15, -0.1) is 11.3 Å². The molecular weight excluding hydrogens is 292 g/mol. The van der Waals surface area contributed by atoms with E-state index in [1.807, 2.05) is 11.3 Å². The maximum absolute atomic E-state index is 3.55. The lowest BCUT2D eigenvalue weighted by Gasteiger charge is -2.13. The second-order valence-corrected chi connectivity index (χ2v) is 6.09. The molecule has 1 unspecified atom stereocenters. The third-order valence-electron chi connectivity index (χ3n) is 3.09. The highest BCUT2D eigenvalue weighted by atomic mass is 79.9. The van der Waals surface area contributed by atoms with Crippen LogP contribution >= 0.6 is 27.3 Å². The Morgan fingerprint density at radius 2 is 2.06 bits per heavy atom. The molecular formula is C15H17BrS. The molecule has 0 aliphatic carbocycles. The summed E-state index contributed by atoms with van der Waals surface area (Å²) >= 11 is 5.45. The van der Waals surface area contributed by atoms with Crippen molar-refractivity contribution in [1.29, 1.82) is 0 Å². The minimum atomic E-state index is 0.540. The molecule has 2 rings (SSSR count). The van der Waals surface area contributed by atoms with Crippen LogP contribution in [0.2, 0.25) is 0 Å². The Morgan fingerprint density at radius 1 is 1.24 bits per heavy atom. The van der Waals surface area contributed by atoms with Crippen molar-refractivity contribution in [2.45, 2.75) is 32.6 Å². The van der Waals surface area contributed by atoms with Crippen molar-refractivity contribution in [3.63, 3.8) is 0 Å². The zero-order chi connectivity index (χ0) is 12.3. The quantitative estimate of drug-likeness (QED) is 0.688. The van der Waals surface area contributed by atoms with Gasteiger partial charge in [-0.3, -0.25) is 0 Å². The molecule has 0 saturated heterocycles. The van der Waals surface area contributed by atoms with Gasteiger partial charge in [0.25, 0.3) is 0 Å². The molecule has 0 saturated carbocycles. The van der Waals surface area contributed by atoms with E-state index in [1.54, 1.807) is 0 Å². The first-order valence-corrected chi connectivity index (χ1v) is 7.74. The fourth-order valence-corrected chi connectivity index (χ4v) is 3.71. The van der Waals surface area contributed by atoms with Gasteiger partial charge >= 0.3 is 0 Å². The molecule has 0 radical (unpaired) electrons. The number of rotatable bonds is 4. The summed E-state index contributed by atoms with van der Waals surface area (Å²) in [5, 5.41) is 2.29. The van der Waals surface area contributed by atoms with E-state index >= 15 is 0 Å². The smallest absolute Gasteiger partial charge is 0.0181 e. The second kappa shape index (κ2) is 5.83. The zero-order valence-corrected chi connectivity index (χ0v) is 12.6. The molecule has 0 aliphatic heterocycles. The first kappa shape index (κ1) is 12.8. The molecule has 0 N–H and O–H groups in total. The zero-order valence-electron chi connectivity index (χ0n) is 10.2. The standard InChI is InChI=1S/C15H17BrS/c1-3-11-8-15(17-10-11)14(4-2)12-6-5-7-13(16)9-12/h5-10,14H,3-4H2,1-2H3. The van der Waals surface area contributed by atoms with E-state index in [0.29, 0.717) is 5.92 Å². The van der Waals surface area contributed by atoms with Crippen LogP contribution in [0.15, 0.2) is 40.2 Å². The van der Waals surface area contributed by atoms with Gasteiger partial charge in [-0.1, -0.05) is 41.9 Å². The molecule has 2 heteroatoms. The molecule has 1 aromatic heterocycles. The van der Waals surface area contributed by atoms with Crippen LogP contribution in [0.5, 0.6) is 0 Å². The Hall–Kier alpha value is -0.600. The molecule has 0 spiro atoms. The maximum atomic E-state index is 3.55. The summed E-state index contributed by atoms with van der Waals surface area (Å²) in [5.41, 5.74) is 2.87. The van der Waals surface area contributed by atoms with Crippen LogP contribution in [-0.4, -0.2) is 0 Å². The monoisotopic (exact) mass is 308 g/mol. The van der Waals surface area contributed by atoms with Crippen molar-refractivity contribution >= 4 is 27.3 Å². The lowest BCUT2D eigenvalue weighted by atomic mass is 9.94. The lowest BCUT2D eigenvalue weighted by molar-refractivity contribution is 0.791. The minimum absolute atomic E-state index is 0.540. The molecule has 0 nitrogen and oxygen atoms in total. The molecule has 90 valence electrons. The van der Waals surface area contributed by atoms with Crippen molar-refractivity contribution in [2.24, 2.45) is 0 Å². The van der Waals surface area contributed by atoms with E-state index in [1.165, 1.54) is 20.5 Å². The van der Waals surface area contributed by atoms with Gasteiger partial charge in [-0.25, -0.2) is 0 Å². The Balaban J connectivity index is 2.33. The molecule has 1 atom stereocenters. The lowest BCUT2D eigenvalue weighted by Crippen LogP contribution is -1.97. The first-order chi connectivity index (χ1) is 8.24. The minimum Gasteiger partial charge on any atom is -0.148 e. The highest BCUT2D eigenvalue weighted by Gasteiger charge is 2.14. The van der Waals surface area contributed by atoms with Crippen LogP contribution in [-0.2, 0) is 6.42 Å². The SMILES string of the molecule is CCc1csc(C(CC)c2cccc(Br)c2)c1. The van der Waals surface area contributed by atoms with E-state index in [9.17, 15) is 0 Å². The molecule has 0 fully saturated rings. The van der Waals surface area contributed by atoms with Gasteiger partial charge < -0.3 is 0 Å². The van der Waals surface area contributed by atoms with Gasteiger partial charge in [0.1, 0.15) is 0 Å². The summed E-state index contributed by atoms with van der Waals surface area (Å²) in [4.78, 5) is 1.49. The fraction of sp³-hybridized carbons (Fsp3) is 0.333. The molecule has 0 aliphatic rings.